The highest BCUT2D eigenvalue weighted by Gasteiger charge is 2.31. The van der Waals surface area contributed by atoms with Crippen molar-refractivity contribution < 1.29 is 22.8 Å². The zero-order valence-corrected chi connectivity index (χ0v) is 16.8. The summed E-state index contributed by atoms with van der Waals surface area (Å²) in [4.78, 5) is 1.51. The van der Waals surface area contributed by atoms with E-state index in [4.69, 9.17) is 21.1 Å². The van der Waals surface area contributed by atoms with Crippen LogP contribution in [0, 0.1) is 0 Å². The van der Waals surface area contributed by atoms with E-state index in [-0.39, 0.29) is 9.92 Å². The number of ether oxygens (including phenoxy) is 2. The van der Waals surface area contributed by atoms with Crippen LogP contribution in [0.1, 0.15) is 0 Å². The molecule has 0 bridgehead atoms. The third-order valence-electron chi connectivity index (χ3n) is 4.67. The van der Waals surface area contributed by atoms with E-state index < -0.39 is 10.0 Å². The van der Waals surface area contributed by atoms with Gasteiger partial charge in [0.1, 0.15) is 29.5 Å². The van der Waals surface area contributed by atoms with Gasteiger partial charge in [0.15, 0.2) is 0 Å². The number of hydrogen-bond acceptors (Lipinski definition) is 4. The maximum Gasteiger partial charge on any atom is 0.244 e. The molecule has 0 amide bonds. The Morgan fingerprint density at radius 1 is 1.04 bits per heavy atom. The Morgan fingerprint density at radius 3 is 2.30 bits per heavy atom. The van der Waals surface area contributed by atoms with Crippen LogP contribution >= 0.6 is 11.6 Å². The second kappa shape index (κ2) is 8.93. The van der Waals surface area contributed by atoms with Crippen molar-refractivity contribution in [2.24, 2.45) is 0 Å². The Balaban J connectivity index is 1.48. The molecule has 0 aromatic heterocycles. The van der Waals surface area contributed by atoms with Gasteiger partial charge in [0.25, 0.3) is 0 Å². The van der Waals surface area contributed by atoms with Gasteiger partial charge in [-0.25, -0.2) is 8.42 Å². The van der Waals surface area contributed by atoms with Crippen LogP contribution in [0.3, 0.4) is 0 Å². The minimum absolute atomic E-state index is 0.179. The fourth-order valence-electron chi connectivity index (χ4n) is 3.07. The summed E-state index contributed by atoms with van der Waals surface area (Å²) >= 11 is 6.07. The number of halogens is 1. The number of nitrogens with one attached hydrogen (secondary N) is 1. The first kappa shape index (κ1) is 19.9. The molecule has 0 atom stereocenters. The highest BCUT2D eigenvalue weighted by molar-refractivity contribution is 7.89. The number of rotatable bonds is 7. The summed E-state index contributed by atoms with van der Waals surface area (Å²) in [6.45, 7) is 3.85. The van der Waals surface area contributed by atoms with Crippen molar-refractivity contribution in [3.8, 4) is 11.5 Å². The molecule has 6 nitrogen and oxygen atoms in total. The zero-order valence-electron chi connectivity index (χ0n) is 15.2. The monoisotopic (exact) mass is 411 g/mol. The molecule has 1 saturated heterocycles. The molecule has 146 valence electrons. The van der Waals surface area contributed by atoms with Gasteiger partial charge in [-0.1, -0.05) is 23.7 Å². The number of nitrogens with zero attached hydrogens (tertiary/aromatic N) is 1. The minimum Gasteiger partial charge on any atom is -0.497 e. The molecule has 27 heavy (non-hydrogen) atoms. The Bertz CT molecular complexity index is 850. The minimum atomic E-state index is -3.54. The standard InChI is InChI=1S/C19H23ClN2O4S/c1-25-16-6-8-17(9-7-16)26-15-14-21-10-12-22(13-11-21)27(23,24)19-5-3-2-4-18(19)20/h2-9H,10-15H2,1H3/p+1. The quantitative estimate of drug-likeness (QED) is 0.746. The molecule has 2 aromatic carbocycles. The number of hydrogen-bond donors (Lipinski definition) is 1. The number of benzene rings is 2. The molecule has 1 aliphatic rings. The Morgan fingerprint density at radius 2 is 1.67 bits per heavy atom. The maximum absolute atomic E-state index is 12.8. The van der Waals surface area contributed by atoms with Gasteiger partial charge in [0.2, 0.25) is 10.0 Å². The molecule has 2 aromatic rings. The molecule has 1 heterocycles. The van der Waals surface area contributed by atoms with Crippen LogP contribution in [-0.4, -0.2) is 59.2 Å². The second-order valence-electron chi connectivity index (χ2n) is 6.36. The summed E-state index contributed by atoms with van der Waals surface area (Å²) in [5.74, 6) is 1.60. The van der Waals surface area contributed by atoms with Crippen LogP contribution in [0.2, 0.25) is 5.02 Å². The van der Waals surface area contributed by atoms with Gasteiger partial charge < -0.3 is 14.4 Å². The van der Waals surface area contributed by atoms with Crippen molar-refractivity contribution in [2.45, 2.75) is 4.90 Å². The predicted octanol–water partition coefficient (Wildman–Crippen LogP) is 1.32. The zero-order chi connectivity index (χ0) is 19.3. The summed E-state index contributed by atoms with van der Waals surface area (Å²) in [5.41, 5.74) is 0. The summed E-state index contributed by atoms with van der Waals surface area (Å²) in [7, 11) is -1.91. The van der Waals surface area contributed by atoms with E-state index in [2.05, 4.69) is 0 Å². The molecule has 0 aliphatic carbocycles. The molecule has 8 heteroatoms. The van der Waals surface area contributed by atoms with Crippen LogP contribution in [-0.2, 0) is 10.0 Å². The van der Waals surface area contributed by atoms with Gasteiger partial charge in [-0.3, -0.25) is 0 Å². The van der Waals surface area contributed by atoms with Crippen molar-refractivity contribution in [1.29, 1.82) is 0 Å². The largest absolute Gasteiger partial charge is 0.497 e. The van der Waals surface area contributed by atoms with E-state index >= 15 is 0 Å². The van der Waals surface area contributed by atoms with Crippen molar-refractivity contribution in [3.05, 3.63) is 53.6 Å². The normalized spacial score (nSPS) is 16.2. The molecule has 0 radical (unpaired) electrons. The fourth-order valence-corrected chi connectivity index (χ4v) is 5.01. The molecular weight excluding hydrogens is 388 g/mol. The Hall–Kier alpha value is -1.80. The van der Waals surface area contributed by atoms with Crippen LogP contribution in [0.5, 0.6) is 11.5 Å². The van der Waals surface area contributed by atoms with Crippen molar-refractivity contribution in [3.63, 3.8) is 0 Å². The number of piperazine rings is 1. The van der Waals surface area contributed by atoms with Crippen LogP contribution in [0.15, 0.2) is 53.4 Å². The average molecular weight is 412 g/mol. The number of sulfonamides is 1. The van der Waals surface area contributed by atoms with E-state index in [1.54, 1.807) is 31.4 Å². The molecule has 0 saturated carbocycles. The molecule has 1 N–H and O–H groups in total. The summed E-state index contributed by atoms with van der Waals surface area (Å²) in [6.07, 6.45) is 0. The third-order valence-corrected chi connectivity index (χ3v) is 7.07. The molecule has 3 rings (SSSR count). The summed E-state index contributed by atoms with van der Waals surface area (Å²) in [6, 6.07) is 14.1. The molecule has 1 fully saturated rings. The van der Waals surface area contributed by atoms with E-state index in [1.165, 1.54) is 9.21 Å². The van der Waals surface area contributed by atoms with E-state index in [0.717, 1.165) is 31.1 Å². The number of methoxy groups -OCH3 is 1. The van der Waals surface area contributed by atoms with Gasteiger partial charge in [-0.2, -0.15) is 4.31 Å². The molecule has 0 spiro atoms. The predicted molar refractivity (Wildman–Crippen MR) is 104 cm³/mol. The second-order valence-corrected chi connectivity index (χ2v) is 8.67. The first-order valence-corrected chi connectivity index (χ1v) is 10.7. The molecule has 0 unspecified atom stereocenters. The topological polar surface area (TPSA) is 60.3 Å². The lowest BCUT2D eigenvalue weighted by Gasteiger charge is -2.31. The fraction of sp³-hybridized carbons (Fsp3) is 0.368. The highest BCUT2D eigenvalue weighted by Crippen LogP contribution is 2.24. The van der Waals surface area contributed by atoms with Crippen molar-refractivity contribution >= 4 is 21.6 Å². The summed E-state index contributed by atoms with van der Waals surface area (Å²) < 4.78 is 37.9. The Labute approximate surface area is 165 Å². The van der Waals surface area contributed by atoms with Gasteiger partial charge in [-0.15, -0.1) is 0 Å². The first-order chi connectivity index (χ1) is 13.0. The average Bonchev–Trinajstić information content (AvgIpc) is 2.69. The van der Waals surface area contributed by atoms with Gasteiger partial charge in [-0.05, 0) is 36.4 Å². The van der Waals surface area contributed by atoms with E-state index in [1.807, 2.05) is 24.3 Å². The van der Waals surface area contributed by atoms with Crippen molar-refractivity contribution in [2.75, 3.05) is 46.4 Å². The van der Waals surface area contributed by atoms with Crippen molar-refractivity contribution in [1.82, 2.24) is 4.31 Å². The number of quaternary nitrogens is 1. The van der Waals surface area contributed by atoms with Crippen LogP contribution in [0.4, 0.5) is 0 Å². The first-order valence-electron chi connectivity index (χ1n) is 8.86. The van der Waals surface area contributed by atoms with E-state index in [0.29, 0.717) is 19.7 Å². The van der Waals surface area contributed by atoms with Crippen LogP contribution < -0.4 is 14.4 Å². The van der Waals surface area contributed by atoms with Gasteiger partial charge in [0, 0.05) is 0 Å². The Kier molecular flexibility index (Phi) is 6.59. The lowest BCUT2D eigenvalue weighted by Crippen LogP contribution is -3.15. The SMILES string of the molecule is COc1ccc(OCC[NH+]2CCN(S(=O)(=O)c3ccccc3Cl)CC2)cc1. The van der Waals surface area contributed by atoms with Gasteiger partial charge >= 0.3 is 0 Å². The van der Waals surface area contributed by atoms with Crippen LogP contribution in [0.25, 0.3) is 0 Å². The lowest BCUT2D eigenvalue weighted by atomic mass is 10.3. The molecular formula is C19H24ClN2O4S+. The lowest BCUT2D eigenvalue weighted by molar-refractivity contribution is -0.903. The highest BCUT2D eigenvalue weighted by atomic mass is 35.5. The third kappa shape index (κ3) is 4.93. The smallest absolute Gasteiger partial charge is 0.244 e. The van der Waals surface area contributed by atoms with E-state index in [9.17, 15) is 8.42 Å². The molecule has 1 aliphatic heterocycles. The van der Waals surface area contributed by atoms with Gasteiger partial charge in [0.05, 0.1) is 38.3 Å². The maximum atomic E-state index is 12.8. The summed E-state index contributed by atoms with van der Waals surface area (Å²) in [5, 5.41) is 0.264.